The summed E-state index contributed by atoms with van der Waals surface area (Å²) in [4.78, 5) is 3.98. The minimum absolute atomic E-state index is 0.185. The van der Waals surface area contributed by atoms with Gasteiger partial charge in [-0.2, -0.15) is 5.26 Å². The van der Waals surface area contributed by atoms with Crippen molar-refractivity contribution in [2.45, 2.75) is 6.92 Å². The second-order valence-corrected chi connectivity index (χ2v) is 4.12. The van der Waals surface area contributed by atoms with Crippen LogP contribution in [0, 0.1) is 24.1 Å². The lowest BCUT2D eigenvalue weighted by atomic mass is 10.2. The molecule has 5 heteroatoms. The van der Waals surface area contributed by atoms with Gasteiger partial charge in [-0.25, -0.2) is 9.37 Å². The molecule has 2 rings (SSSR count). The molecule has 0 spiro atoms. The first kappa shape index (κ1) is 12.3. The first-order chi connectivity index (χ1) is 8.60. The monoisotopic (exact) mass is 261 g/mol. The van der Waals surface area contributed by atoms with Crippen molar-refractivity contribution in [1.29, 1.82) is 5.26 Å². The van der Waals surface area contributed by atoms with Crippen molar-refractivity contribution in [1.82, 2.24) is 4.98 Å². The summed E-state index contributed by atoms with van der Waals surface area (Å²) in [5.74, 6) is -0.0127. The molecule has 0 amide bonds. The molecule has 0 aliphatic heterocycles. The van der Waals surface area contributed by atoms with Gasteiger partial charge in [-0.3, -0.25) is 0 Å². The number of halogens is 2. The number of hydrogen-bond acceptors (Lipinski definition) is 3. The van der Waals surface area contributed by atoms with E-state index in [1.807, 2.05) is 6.07 Å². The Labute approximate surface area is 109 Å². The van der Waals surface area contributed by atoms with Gasteiger partial charge in [-0.15, -0.1) is 0 Å². The molecule has 1 aromatic carbocycles. The fraction of sp³-hybridized carbons (Fsp3) is 0.0769. The highest BCUT2D eigenvalue weighted by Gasteiger charge is 2.07. The van der Waals surface area contributed by atoms with E-state index in [0.717, 1.165) is 0 Å². The first-order valence-electron chi connectivity index (χ1n) is 5.20. The smallest absolute Gasteiger partial charge is 0.149 e. The lowest BCUT2D eigenvalue weighted by Crippen LogP contribution is -1.98. The van der Waals surface area contributed by atoms with Crippen LogP contribution in [-0.2, 0) is 0 Å². The Bertz CT molecular complexity index is 635. The number of benzene rings is 1. The predicted molar refractivity (Wildman–Crippen MR) is 68.4 cm³/mol. The Kier molecular flexibility index (Phi) is 3.45. The Balaban J connectivity index is 2.37. The van der Waals surface area contributed by atoms with Crippen LogP contribution < -0.4 is 5.32 Å². The number of hydrogen-bond donors (Lipinski definition) is 1. The van der Waals surface area contributed by atoms with Gasteiger partial charge in [0.25, 0.3) is 0 Å². The molecule has 0 saturated heterocycles. The van der Waals surface area contributed by atoms with Gasteiger partial charge >= 0.3 is 0 Å². The zero-order valence-corrected chi connectivity index (χ0v) is 10.3. The molecule has 3 nitrogen and oxygen atoms in total. The highest BCUT2D eigenvalue weighted by Crippen LogP contribution is 2.22. The van der Waals surface area contributed by atoms with Crippen LogP contribution in [0.5, 0.6) is 0 Å². The first-order valence-corrected chi connectivity index (χ1v) is 5.58. The number of nitrogens with one attached hydrogen (secondary N) is 1. The molecule has 0 aliphatic carbocycles. The van der Waals surface area contributed by atoms with E-state index in [0.29, 0.717) is 22.6 Å². The Morgan fingerprint density at radius 3 is 2.89 bits per heavy atom. The Morgan fingerprint density at radius 2 is 2.17 bits per heavy atom. The molecule has 1 aromatic heterocycles. The molecule has 2 aromatic rings. The van der Waals surface area contributed by atoms with Crippen LogP contribution in [0.4, 0.5) is 15.9 Å². The minimum Gasteiger partial charge on any atom is -0.338 e. The largest absolute Gasteiger partial charge is 0.338 e. The third-order valence-electron chi connectivity index (χ3n) is 2.38. The van der Waals surface area contributed by atoms with Crippen LogP contribution in [0.1, 0.15) is 11.1 Å². The summed E-state index contributed by atoms with van der Waals surface area (Å²) in [5, 5.41) is 11.8. The molecule has 0 aliphatic rings. The van der Waals surface area contributed by atoms with Crippen molar-refractivity contribution in [3.05, 3.63) is 52.4 Å². The van der Waals surface area contributed by atoms with Crippen molar-refractivity contribution in [3.63, 3.8) is 0 Å². The van der Waals surface area contributed by atoms with Crippen molar-refractivity contribution in [2.75, 3.05) is 5.32 Å². The summed E-state index contributed by atoms with van der Waals surface area (Å²) in [6.07, 6.45) is 0. The Morgan fingerprint density at radius 1 is 1.39 bits per heavy atom. The second kappa shape index (κ2) is 5.03. The molecular formula is C13H9ClFN3. The number of nitriles is 1. The summed E-state index contributed by atoms with van der Waals surface area (Å²) < 4.78 is 13.8. The molecule has 90 valence electrons. The van der Waals surface area contributed by atoms with Crippen molar-refractivity contribution in [2.24, 2.45) is 0 Å². The summed E-state index contributed by atoms with van der Waals surface area (Å²) in [5.41, 5.74) is 1.20. The number of anilines is 2. The predicted octanol–water partition coefficient (Wildman–Crippen LogP) is 3.80. The van der Waals surface area contributed by atoms with Crippen LogP contribution in [0.15, 0.2) is 30.3 Å². The van der Waals surface area contributed by atoms with Crippen LogP contribution in [-0.4, -0.2) is 4.98 Å². The summed E-state index contributed by atoms with van der Waals surface area (Å²) in [6, 6.07) is 9.91. The molecule has 0 atom stereocenters. The molecular weight excluding hydrogens is 253 g/mol. The van der Waals surface area contributed by atoms with Gasteiger partial charge in [-0.05, 0) is 30.7 Å². The third kappa shape index (κ3) is 2.58. The molecule has 0 fully saturated rings. The number of rotatable bonds is 2. The molecule has 18 heavy (non-hydrogen) atoms. The fourth-order valence-electron chi connectivity index (χ4n) is 1.51. The second-order valence-electron chi connectivity index (χ2n) is 3.74. The van der Waals surface area contributed by atoms with Crippen molar-refractivity contribution >= 4 is 23.1 Å². The van der Waals surface area contributed by atoms with Crippen LogP contribution in [0.25, 0.3) is 0 Å². The highest BCUT2D eigenvalue weighted by molar-refractivity contribution is 6.29. The quantitative estimate of drug-likeness (QED) is 0.837. The van der Waals surface area contributed by atoms with Gasteiger partial charge < -0.3 is 5.32 Å². The highest BCUT2D eigenvalue weighted by atomic mass is 35.5. The van der Waals surface area contributed by atoms with E-state index in [2.05, 4.69) is 10.3 Å². The van der Waals surface area contributed by atoms with Crippen LogP contribution in [0.2, 0.25) is 5.15 Å². The van der Waals surface area contributed by atoms with E-state index < -0.39 is 0 Å². The van der Waals surface area contributed by atoms with Crippen molar-refractivity contribution < 1.29 is 4.39 Å². The maximum absolute atomic E-state index is 13.8. The fourth-order valence-corrected chi connectivity index (χ4v) is 1.72. The standard InChI is InChI=1S/C13H9ClFN3/c1-8-3-2-4-10(13(8)15)17-12-6-9(7-16)5-11(14)18-12/h2-6H,1H3,(H,17,18). The topological polar surface area (TPSA) is 48.7 Å². The van der Waals surface area contributed by atoms with Crippen molar-refractivity contribution in [3.8, 4) is 6.07 Å². The number of nitrogens with zero attached hydrogens (tertiary/aromatic N) is 2. The molecule has 1 N–H and O–H groups in total. The maximum Gasteiger partial charge on any atom is 0.149 e. The van der Waals surface area contributed by atoms with Crippen LogP contribution in [0.3, 0.4) is 0 Å². The molecule has 0 unspecified atom stereocenters. The number of aryl methyl sites for hydroxylation is 1. The maximum atomic E-state index is 13.8. The van der Waals surface area contributed by atoms with Gasteiger partial charge in [0.2, 0.25) is 0 Å². The van der Waals surface area contributed by atoms with E-state index in [-0.39, 0.29) is 11.0 Å². The minimum atomic E-state index is -0.349. The van der Waals surface area contributed by atoms with Gasteiger partial charge in [0.05, 0.1) is 17.3 Å². The lowest BCUT2D eigenvalue weighted by molar-refractivity contribution is 0.622. The average Bonchev–Trinajstić information content (AvgIpc) is 2.34. The van der Waals surface area contributed by atoms with Gasteiger partial charge in [0.1, 0.15) is 16.8 Å². The third-order valence-corrected chi connectivity index (χ3v) is 2.57. The Hall–Kier alpha value is -2.12. The normalized spacial score (nSPS) is 9.89. The van der Waals surface area contributed by atoms with E-state index in [1.54, 1.807) is 25.1 Å². The number of aromatic nitrogens is 1. The van der Waals surface area contributed by atoms with Gasteiger partial charge in [-0.1, -0.05) is 23.7 Å². The molecule has 0 radical (unpaired) electrons. The molecule has 0 bridgehead atoms. The zero-order chi connectivity index (χ0) is 13.1. The lowest BCUT2D eigenvalue weighted by Gasteiger charge is -2.08. The van der Waals surface area contributed by atoms with Gasteiger partial charge in [0.15, 0.2) is 0 Å². The van der Waals surface area contributed by atoms with E-state index in [9.17, 15) is 4.39 Å². The van der Waals surface area contributed by atoms with Crippen LogP contribution >= 0.6 is 11.6 Å². The van der Waals surface area contributed by atoms with E-state index in [1.165, 1.54) is 12.1 Å². The van der Waals surface area contributed by atoms with E-state index >= 15 is 0 Å². The summed E-state index contributed by atoms with van der Waals surface area (Å²) in [6.45, 7) is 1.67. The van der Waals surface area contributed by atoms with Gasteiger partial charge in [0, 0.05) is 0 Å². The molecule has 1 heterocycles. The number of pyridine rings is 1. The average molecular weight is 262 g/mol. The SMILES string of the molecule is Cc1cccc(Nc2cc(C#N)cc(Cl)n2)c1F. The molecule has 0 saturated carbocycles. The zero-order valence-electron chi connectivity index (χ0n) is 9.54. The summed E-state index contributed by atoms with van der Waals surface area (Å²) >= 11 is 5.77. The summed E-state index contributed by atoms with van der Waals surface area (Å²) in [7, 11) is 0. The van der Waals surface area contributed by atoms with E-state index in [4.69, 9.17) is 16.9 Å².